The first-order valence-electron chi connectivity index (χ1n) is 10.3. The number of hydrogen-bond acceptors (Lipinski definition) is 6. The quantitative estimate of drug-likeness (QED) is 0.291. The number of amides is 1. The number of fused-ring (bicyclic) bond motifs is 1. The van der Waals surface area contributed by atoms with Gasteiger partial charge in [0.15, 0.2) is 0 Å². The Hall–Kier alpha value is -2.83. The molecule has 0 bridgehead atoms. The van der Waals surface area contributed by atoms with Gasteiger partial charge in [-0.25, -0.2) is 9.59 Å². The fraction of sp³-hybridized carbons (Fsp3) is 0.522. The van der Waals surface area contributed by atoms with Crippen molar-refractivity contribution >= 4 is 23.0 Å². The molecule has 0 radical (unpaired) electrons. The van der Waals surface area contributed by atoms with Gasteiger partial charge in [-0.15, -0.1) is 0 Å². The van der Waals surface area contributed by atoms with Crippen molar-refractivity contribution in [3.05, 3.63) is 39.7 Å². The number of aryl methyl sites for hydroxylation is 2. The summed E-state index contributed by atoms with van der Waals surface area (Å²) >= 11 is 0. The smallest absolute Gasteiger partial charge is 0.407 e. The van der Waals surface area contributed by atoms with Gasteiger partial charge in [-0.2, -0.15) is 0 Å². The number of carbonyl (C=O) groups is 2. The van der Waals surface area contributed by atoms with E-state index in [0.717, 1.165) is 24.0 Å². The molecule has 0 saturated carbocycles. The summed E-state index contributed by atoms with van der Waals surface area (Å²) in [5.74, 6) is -0.0227. The molecule has 2 rings (SSSR count). The molecule has 1 aromatic carbocycles. The minimum absolute atomic E-state index is 0.131. The molecule has 0 fully saturated rings. The van der Waals surface area contributed by atoms with Gasteiger partial charge in [0.2, 0.25) is 0 Å². The van der Waals surface area contributed by atoms with E-state index >= 15 is 0 Å². The van der Waals surface area contributed by atoms with Crippen LogP contribution in [-0.2, 0) is 16.0 Å². The van der Waals surface area contributed by atoms with Crippen LogP contribution in [0.25, 0.3) is 11.0 Å². The number of esters is 1. The Kier molecular flexibility index (Phi) is 8.03. The Balaban J connectivity index is 2.06. The van der Waals surface area contributed by atoms with Crippen LogP contribution in [0.4, 0.5) is 4.79 Å². The van der Waals surface area contributed by atoms with Crippen molar-refractivity contribution in [2.45, 2.75) is 72.3 Å². The molecule has 1 aromatic heterocycles. The highest BCUT2D eigenvalue weighted by atomic mass is 16.6. The van der Waals surface area contributed by atoms with Crippen LogP contribution in [0.15, 0.2) is 27.4 Å². The molecule has 0 atom stereocenters. The van der Waals surface area contributed by atoms with E-state index < -0.39 is 23.3 Å². The number of alkyl carbamates (subject to hydrolysis) is 1. The molecule has 0 unspecified atom stereocenters. The number of nitrogens with one attached hydrogen (secondary N) is 1. The maximum atomic E-state index is 12.4. The molecule has 1 N–H and O–H groups in total. The van der Waals surface area contributed by atoms with Gasteiger partial charge in [0.05, 0.1) is 5.39 Å². The van der Waals surface area contributed by atoms with Gasteiger partial charge >= 0.3 is 17.7 Å². The Bertz CT molecular complexity index is 955. The predicted molar refractivity (Wildman–Crippen MR) is 115 cm³/mol. The molecule has 0 saturated heterocycles. The Morgan fingerprint density at radius 2 is 1.87 bits per heavy atom. The maximum absolute atomic E-state index is 12.4. The molecule has 1 heterocycles. The molecular formula is C23H31NO6. The van der Waals surface area contributed by atoms with E-state index in [0.29, 0.717) is 36.1 Å². The molecule has 0 aliphatic rings. The second-order valence-electron chi connectivity index (χ2n) is 8.34. The van der Waals surface area contributed by atoms with Gasteiger partial charge < -0.3 is 19.2 Å². The van der Waals surface area contributed by atoms with Crippen LogP contribution in [0.5, 0.6) is 5.75 Å². The zero-order chi connectivity index (χ0) is 22.3. The minimum atomic E-state index is -0.570. The lowest BCUT2D eigenvalue weighted by Crippen LogP contribution is -2.33. The van der Waals surface area contributed by atoms with Crippen molar-refractivity contribution in [1.29, 1.82) is 0 Å². The SMILES string of the molecule is CCCCc1cc(=O)oc2cc(C)cc(OC(=O)CCCNC(=O)OC(C)(C)C)c12. The van der Waals surface area contributed by atoms with Crippen LogP contribution >= 0.6 is 0 Å². The summed E-state index contributed by atoms with van der Waals surface area (Å²) in [7, 11) is 0. The number of hydrogen-bond donors (Lipinski definition) is 1. The third-order valence-electron chi connectivity index (χ3n) is 4.28. The molecule has 1 amide bonds. The van der Waals surface area contributed by atoms with Crippen molar-refractivity contribution in [2.24, 2.45) is 0 Å². The molecule has 30 heavy (non-hydrogen) atoms. The van der Waals surface area contributed by atoms with Crippen molar-refractivity contribution in [2.75, 3.05) is 6.54 Å². The highest BCUT2D eigenvalue weighted by Crippen LogP contribution is 2.31. The number of benzene rings is 1. The monoisotopic (exact) mass is 417 g/mol. The number of carbonyl (C=O) groups excluding carboxylic acids is 2. The first-order chi connectivity index (χ1) is 14.1. The fourth-order valence-electron chi connectivity index (χ4n) is 3.03. The van der Waals surface area contributed by atoms with Gasteiger partial charge in [0.1, 0.15) is 16.9 Å². The van der Waals surface area contributed by atoms with Crippen molar-refractivity contribution in [3.8, 4) is 5.75 Å². The largest absolute Gasteiger partial charge is 0.444 e. The Morgan fingerprint density at radius 3 is 2.53 bits per heavy atom. The molecule has 164 valence electrons. The maximum Gasteiger partial charge on any atom is 0.407 e. The van der Waals surface area contributed by atoms with Gasteiger partial charge in [-0.3, -0.25) is 4.79 Å². The van der Waals surface area contributed by atoms with E-state index in [9.17, 15) is 14.4 Å². The van der Waals surface area contributed by atoms with Crippen LogP contribution in [0.1, 0.15) is 64.5 Å². The van der Waals surface area contributed by atoms with Crippen LogP contribution in [0.3, 0.4) is 0 Å². The average molecular weight is 418 g/mol. The third-order valence-corrected chi connectivity index (χ3v) is 4.28. The molecule has 7 heteroatoms. The first-order valence-corrected chi connectivity index (χ1v) is 10.3. The molecule has 0 aliphatic carbocycles. The lowest BCUT2D eigenvalue weighted by molar-refractivity contribution is -0.134. The summed E-state index contributed by atoms with van der Waals surface area (Å²) in [6, 6.07) is 5.01. The van der Waals surface area contributed by atoms with E-state index in [1.165, 1.54) is 6.07 Å². The lowest BCUT2D eigenvalue weighted by Gasteiger charge is -2.19. The van der Waals surface area contributed by atoms with Crippen LogP contribution < -0.4 is 15.7 Å². The standard InChI is InChI=1S/C23H31NO6/c1-6-7-9-16-14-20(26)29-18-13-15(2)12-17(21(16)18)28-19(25)10-8-11-24-22(27)30-23(3,4)5/h12-14H,6-11H2,1-5H3,(H,24,27). The van der Waals surface area contributed by atoms with Crippen LogP contribution in [-0.4, -0.2) is 24.2 Å². The minimum Gasteiger partial charge on any atom is -0.444 e. The summed E-state index contributed by atoms with van der Waals surface area (Å²) in [6.07, 6.45) is 2.62. The normalized spacial score (nSPS) is 11.4. The molecule has 0 spiro atoms. The van der Waals surface area contributed by atoms with Crippen LogP contribution in [0, 0.1) is 6.92 Å². The highest BCUT2D eigenvalue weighted by Gasteiger charge is 2.17. The summed E-state index contributed by atoms with van der Waals surface area (Å²) < 4.78 is 16.1. The van der Waals surface area contributed by atoms with E-state index in [1.807, 2.05) is 6.92 Å². The van der Waals surface area contributed by atoms with Gasteiger partial charge in [0, 0.05) is 19.0 Å². The van der Waals surface area contributed by atoms with E-state index in [4.69, 9.17) is 13.9 Å². The summed E-state index contributed by atoms with van der Waals surface area (Å²) in [4.78, 5) is 35.9. The fourth-order valence-corrected chi connectivity index (χ4v) is 3.03. The number of rotatable bonds is 8. The van der Waals surface area contributed by atoms with Gasteiger partial charge in [-0.05, 0) is 70.2 Å². The summed E-state index contributed by atoms with van der Waals surface area (Å²) in [5, 5.41) is 3.28. The van der Waals surface area contributed by atoms with Crippen molar-refractivity contribution < 1.29 is 23.5 Å². The zero-order valence-electron chi connectivity index (χ0n) is 18.4. The molecule has 2 aromatic rings. The Morgan fingerprint density at radius 1 is 1.13 bits per heavy atom. The third kappa shape index (κ3) is 7.21. The lowest BCUT2D eigenvalue weighted by atomic mass is 10.0. The number of unbranched alkanes of at least 4 members (excludes halogenated alkanes) is 1. The van der Waals surface area contributed by atoms with E-state index in [-0.39, 0.29) is 6.42 Å². The van der Waals surface area contributed by atoms with Crippen LogP contribution in [0.2, 0.25) is 0 Å². The van der Waals surface area contributed by atoms with Gasteiger partial charge in [0.25, 0.3) is 0 Å². The highest BCUT2D eigenvalue weighted by molar-refractivity contribution is 5.90. The predicted octanol–water partition coefficient (Wildman–Crippen LogP) is 4.65. The van der Waals surface area contributed by atoms with E-state index in [2.05, 4.69) is 12.2 Å². The van der Waals surface area contributed by atoms with Gasteiger partial charge in [-0.1, -0.05) is 13.3 Å². The summed E-state index contributed by atoms with van der Waals surface area (Å²) in [6.45, 7) is 9.58. The molecule has 0 aliphatic heterocycles. The second-order valence-corrected chi connectivity index (χ2v) is 8.34. The van der Waals surface area contributed by atoms with Crippen molar-refractivity contribution in [1.82, 2.24) is 5.32 Å². The average Bonchev–Trinajstić information content (AvgIpc) is 2.61. The van der Waals surface area contributed by atoms with E-state index in [1.54, 1.807) is 32.9 Å². The molecular weight excluding hydrogens is 386 g/mol. The second kappa shape index (κ2) is 10.3. The van der Waals surface area contributed by atoms with Crippen molar-refractivity contribution in [3.63, 3.8) is 0 Å². The number of ether oxygens (including phenoxy) is 2. The first kappa shape index (κ1) is 23.4. The molecule has 7 nitrogen and oxygen atoms in total. The topological polar surface area (TPSA) is 94.8 Å². The zero-order valence-corrected chi connectivity index (χ0v) is 18.4. The summed E-state index contributed by atoms with van der Waals surface area (Å²) in [5.41, 5.74) is 1.08. The Labute approximate surface area is 176 Å².